The monoisotopic (exact) mass is 413 g/mol. The van der Waals surface area contributed by atoms with E-state index in [1.807, 2.05) is 18.2 Å². The van der Waals surface area contributed by atoms with Gasteiger partial charge in [0.25, 0.3) is 5.91 Å². The van der Waals surface area contributed by atoms with Crippen molar-refractivity contribution >= 4 is 23.4 Å². The zero-order valence-corrected chi connectivity index (χ0v) is 16.7. The molecular weight excluding hydrogens is 393 g/mol. The Morgan fingerprint density at radius 1 is 1.34 bits per heavy atom. The first-order chi connectivity index (χ1) is 14.1. The van der Waals surface area contributed by atoms with Crippen LogP contribution < -0.4 is 5.32 Å². The summed E-state index contributed by atoms with van der Waals surface area (Å²) < 4.78 is 21.2. The van der Waals surface area contributed by atoms with E-state index < -0.39 is 5.82 Å². The topological polar surface area (TPSA) is 81.9 Å². The second-order valence-corrected chi connectivity index (χ2v) is 7.76. The Bertz CT molecular complexity index is 1020. The highest BCUT2D eigenvalue weighted by Crippen LogP contribution is 2.28. The smallest absolute Gasteiger partial charge is 0.256 e. The molecule has 9 heteroatoms. The predicted molar refractivity (Wildman–Crippen MR) is 108 cm³/mol. The molecule has 1 aliphatic heterocycles. The Morgan fingerprint density at radius 3 is 2.97 bits per heavy atom. The molecule has 1 aromatic heterocycles. The number of hydrogen-bond acceptors (Lipinski definition) is 6. The number of nitrogens with one attached hydrogen (secondary N) is 1. The van der Waals surface area contributed by atoms with Gasteiger partial charge in [-0.05, 0) is 60.5 Å². The highest BCUT2D eigenvalue weighted by Gasteiger charge is 2.18. The summed E-state index contributed by atoms with van der Waals surface area (Å²) in [5.41, 5.74) is 1.20. The Balaban J connectivity index is 1.52. The van der Waals surface area contributed by atoms with Gasteiger partial charge in [-0.3, -0.25) is 4.79 Å². The Hall–Kier alpha value is -2.78. The van der Waals surface area contributed by atoms with Crippen LogP contribution in [0.2, 0.25) is 0 Å². The third kappa shape index (κ3) is 4.46. The van der Waals surface area contributed by atoms with Gasteiger partial charge in [-0.25, -0.2) is 4.39 Å². The van der Waals surface area contributed by atoms with Crippen molar-refractivity contribution in [3.8, 4) is 5.69 Å². The first-order valence-electron chi connectivity index (χ1n) is 9.31. The van der Waals surface area contributed by atoms with Gasteiger partial charge >= 0.3 is 0 Å². The number of nitrogens with zero attached hydrogens (tertiary/aromatic N) is 4. The van der Waals surface area contributed by atoms with Gasteiger partial charge in [0.15, 0.2) is 5.82 Å². The van der Waals surface area contributed by atoms with Crippen molar-refractivity contribution in [2.24, 2.45) is 0 Å². The van der Waals surface area contributed by atoms with Crippen LogP contribution >= 0.6 is 11.8 Å². The van der Waals surface area contributed by atoms with Gasteiger partial charge in [0.2, 0.25) is 0 Å². The molecule has 0 spiro atoms. The number of carbonyl (C=O) groups excluding carboxylic acids is 1. The number of ether oxygens (including phenoxy) is 1. The number of anilines is 1. The van der Waals surface area contributed by atoms with Crippen LogP contribution in [0.15, 0.2) is 47.4 Å². The van der Waals surface area contributed by atoms with Gasteiger partial charge in [-0.2, -0.15) is 4.68 Å². The fraction of sp³-hybridized carbons (Fsp3) is 0.300. The maximum absolute atomic E-state index is 14.2. The number of thioether (sulfide) groups is 1. The lowest BCUT2D eigenvalue weighted by Crippen LogP contribution is -2.14. The summed E-state index contributed by atoms with van der Waals surface area (Å²) in [6, 6.07) is 11.7. The number of amides is 1. The van der Waals surface area contributed by atoms with E-state index in [4.69, 9.17) is 4.74 Å². The Labute approximate surface area is 171 Å². The summed E-state index contributed by atoms with van der Waals surface area (Å²) in [6.07, 6.45) is 2.37. The normalized spacial score (nSPS) is 16.1. The van der Waals surface area contributed by atoms with Crippen LogP contribution in [-0.4, -0.2) is 44.6 Å². The second kappa shape index (κ2) is 8.71. The van der Waals surface area contributed by atoms with Gasteiger partial charge in [-0.15, -0.1) is 16.9 Å². The van der Waals surface area contributed by atoms with Gasteiger partial charge < -0.3 is 10.1 Å². The molecule has 0 aliphatic carbocycles. The fourth-order valence-corrected chi connectivity index (χ4v) is 4.26. The Morgan fingerprint density at radius 2 is 2.21 bits per heavy atom. The SMILES string of the molecule is Cc1nnnn1-c1cc(NC(=O)c2ccccc2SCC2CCCO2)ccc1F. The highest BCUT2D eigenvalue weighted by molar-refractivity contribution is 7.99. The zero-order valence-electron chi connectivity index (χ0n) is 15.8. The first-order valence-corrected chi connectivity index (χ1v) is 10.3. The van der Waals surface area contributed by atoms with E-state index in [-0.39, 0.29) is 17.7 Å². The zero-order chi connectivity index (χ0) is 20.2. The van der Waals surface area contributed by atoms with Crippen LogP contribution in [0.5, 0.6) is 0 Å². The average Bonchev–Trinajstić information content (AvgIpc) is 3.40. The van der Waals surface area contributed by atoms with E-state index in [1.165, 1.54) is 22.9 Å². The summed E-state index contributed by atoms with van der Waals surface area (Å²) in [7, 11) is 0. The van der Waals surface area contributed by atoms with E-state index in [2.05, 4.69) is 20.8 Å². The third-order valence-electron chi connectivity index (χ3n) is 4.64. The highest BCUT2D eigenvalue weighted by atomic mass is 32.2. The number of aromatic nitrogens is 4. The molecule has 3 aromatic rings. The average molecular weight is 413 g/mol. The van der Waals surface area contributed by atoms with E-state index in [0.717, 1.165) is 30.1 Å². The molecule has 0 saturated carbocycles. The summed E-state index contributed by atoms with van der Waals surface area (Å²) in [5.74, 6) is 0.518. The minimum Gasteiger partial charge on any atom is -0.377 e. The molecule has 1 fully saturated rings. The summed E-state index contributed by atoms with van der Waals surface area (Å²) in [4.78, 5) is 13.8. The van der Waals surface area contributed by atoms with Crippen molar-refractivity contribution < 1.29 is 13.9 Å². The number of benzene rings is 2. The van der Waals surface area contributed by atoms with Crippen LogP contribution in [0.25, 0.3) is 5.69 Å². The molecule has 1 aliphatic rings. The lowest BCUT2D eigenvalue weighted by Gasteiger charge is -2.13. The summed E-state index contributed by atoms with van der Waals surface area (Å²) in [5, 5.41) is 13.9. The molecule has 2 heterocycles. The van der Waals surface area contributed by atoms with Gasteiger partial charge in [-0.1, -0.05) is 12.1 Å². The molecule has 1 amide bonds. The van der Waals surface area contributed by atoms with E-state index in [0.29, 0.717) is 17.1 Å². The number of hydrogen-bond donors (Lipinski definition) is 1. The number of tetrazole rings is 1. The minimum absolute atomic E-state index is 0.173. The Kier molecular flexibility index (Phi) is 5.86. The molecule has 1 N–H and O–H groups in total. The van der Waals surface area contributed by atoms with E-state index >= 15 is 0 Å². The van der Waals surface area contributed by atoms with Crippen molar-refractivity contribution in [3.63, 3.8) is 0 Å². The minimum atomic E-state index is -0.481. The molecular formula is C20H20FN5O2S. The van der Waals surface area contributed by atoms with Gasteiger partial charge in [0.1, 0.15) is 11.5 Å². The molecule has 4 rings (SSSR count). The van der Waals surface area contributed by atoms with E-state index in [1.54, 1.807) is 24.8 Å². The molecule has 7 nitrogen and oxygen atoms in total. The van der Waals surface area contributed by atoms with Gasteiger partial charge in [0.05, 0.1) is 11.7 Å². The van der Waals surface area contributed by atoms with Gasteiger partial charge in [0, 0.05) is 22.9 Å². The molecule has 1 saturated heterocycles. The van der Waals surface area contributed by atoms with Crippen LogP contribution in [0, 0.1) is 12.7 Å². The van der Waals surface area contributed by atoms with Crippen molar-refractivity contribution in [1.29, 1.82) is 0 Å². The van der Waals surface area contributed by atoms with Crippen LogP contribution in [0.4, 0.5) is 10.1 Å². The van der Waals surface area contributed by atoms with Crippen LogP contribution in [0.3, 0.4) is 0 Å². The molecule has 1 atom stereocenters. The molecule has 150 valence electrons. The summed E-state index contributed by atoms with van der Waals surface area (Å²) in [6.45, 7) is 2.48. The van der Waals surface area contributed by atoms with Crippen molar-refractivity contribution in [2.75, 3.05) is 17.7 Å². The first kappa shape index (κ1) is 19.5. The van der Waals surface area contributed by atoms with E-state index in [9.17, 15) is 9.18 Å². The van der Waals surface area contributed by atoms with Crippen LogP contribution in [0.1, 0.15) is 29.0 Å². The van der Waals surface area contributed by atoms with Crippen molar-refractivity contribution in [3.05, 3.63) is 59.7 Å². The fourth-order valence-electron chi connectivity index (χ4n) is 3.14. The lowest BCUT2D eigenvalue weighted by atomic mass is 10.2. The van der Waals surface area contributed by atoms with Crippen molar-refractivity contribution in [2.45, 2.75) is 30.8 Å². The number of carbonyl (C=O) groups is 1. The van der Waals surface area contributed by atoms with Crippen LogP contribution in [-0.2, 0) is 4.74 Å². The molecule has 2 aromatic carbocycles. The maximum Gasteiger partial charge on any atom is 0.256 e. The largest absolute Gasteiger partial charge is 0.377 e. The lowest BCUT2D eigenvalue weighted by molar-refractivity contribution is 0.102. The molecule has 29 heavy (non-hydrogen) atoms. The summed E-state index contributed by atoms with van der Waals surface area (Å²) >= 11 is 1.61. The second-order valence-electron chi connectivity index (χ2n) is 6.70. The molecule has 0 bridgehead atoms. The number of rotatable bonds is 6. The molecule has 0 radical (unpaired) electrons. The third-order valence-corrected chi connectivity index (χ3v) is 5.84. The standard InChI is InChI=1S/C20H20FN5O2S/c1-13-23-24-25-26(13)18-11-14(8-9-17(18)21)22-20(27)16-6-2-3-7-19(16)29-12-15-5-4-10-28-15/h2-3,6-9,11,15H,4-5,10,12H2,1H3,(H,22,27). The molecule has 1 unspecified atom stereocenters. The quantitative estimate of drug-likeness (QED) is 0.622. The predicted octanol–water partition coefficient (Wildman–Crippen LogP) is 3.63. The number of halogens is 1. The van der Waals surface area contributed by atoms with Crippen molar-refractivity contribution in [1.82, 2.24) is 20.2 Å². The number of aryl methyl sites for hydroxylation is 1. The maximum atomic E-state index is 14.2.